The number of anilines is 2. The van der Waals surface area contributed by atoms with Crippen LogP contribution in [-0.2, 0) is 9.59 Å². The Hall–Kier alpha value is -2.05. The van der Waals surface area contributed by atoms with Crippen LogP contribution >= 0.6 is 0 Å². The normalized spacial score (nSPS) is 24.8. The first-order valence-electron chi connectivity index (χ1n) is 7.63. The monoisotopic (exact) mass is 326 g/mol. The molecular formula is C16H17F3N2O2. The molecule has 3 rings (SSSR count). The molecule has 0 saturated heterocycles. The van der Waals surface area contributed by atoms with E-state index < -0.39 is 18.0 Å². The Bertz CT molecular complexity index is 630. The van der Waals surface area contributed by atoms with Crippen molar-refractivity contribution in [3.8, 4) is 0 Å². The van der Waals surface area contributed by atoms with Crippen molar-refractivity contribution in [3.63, 3.8) is 0 Å². The zero-order valence-electron chi connectivity index (χ0n) is 12.4. The second kappa shape index (κ2) is 5.86. The highest BCUT2D eigenvalue weighted by atomic mass is 19.4. The number of carbonyl (C=O) groups excluding carboxylic acids is 2. The Morgan fingerprint density at radius 2 is 1.96 bits per heavy atom. The zero-order valence-corrected chi connectivity index (χ0v) is 12.4. The van der Waals surface area contributed by atoms with E-state index in [0.29, 0.717) is 24.2 Å². The van der Waals surface area contributed by atoms with Crippen molar-refractivity contribution >= 4 is 23.2 Å². The summed E-state index contributed by atoms with van der Waals surface area (Å²) in [7, 11) is 0. The highest BCUT2D eigenvalue weighted by Gasteiger charge is 2.44. The van der Waals surface area contributed by atoms with Crippen molar-refractivity contribution in [3.05, 3.63) is 24.3 Å². The third-order valence-electron chi connectivity index (χ3n) is 4.52. The van der Waals surface area contributed by atoms with E-state index in [0.717, 1.165) is 0 Å². The van der Waals surface area contributed by atoms with Crippen molar-refractivity contribution in [2.75, 3.05) is 16.8 Å². The molecule has 2 aliphatic rings. The number of fused-ring (bicyclic) bond motifs is 1. The fourth-order valence-corrected chi connectivity index (χ4v) is 3.36. The maximum atomic E-state index is 12.9. The van der Waals surface area contributed by atoms with Gasteiger partial charge in [0.05, 0.1) is 17.3 Å². The molecule has 0 unspecified atom stereocenters. The number of carbonyl (C=O) groups is 2. The molecule has 1 heterocycles. The van der Waals surface area contributed by atoms with E-state index >= 15 is 0 Å². The lowest BCUT2D eigenvalue weighted by molar-refractivity contribution is -0.186. The molecule has 7 heteroatoms. The van der Waals surface area contributed by atoms with Gasteiger partial charge in [-0.05, 0) is 31.4 Å². The number of nitrogens with zero attached hydrogens (tertiary/aromatic N) is 1. The molecule has 1 aliphatic heterocycles. The van der Waals surface area contributed by atoms with E-state index in [1.165, 1.54) is 4.90 Å². The summed E-state index contributed by atoms with van der Waals surface area (Å²) in [6, 6.07) is 6.83. The van der Waals surface area contributed by atoms with Gasteiger partial charge in [0.1, 0.15) is 6.54 Å². The second-order valence-corrected chi connectivity index (χ2v) is 6.09. The van der Waals surface area contributed by atoms with Gasteiger partial charge in [0.2, 0.25) is 11.8 Å². The van der Waals surface area contributed by atoms with Crippen molar-refractivity contribution in [2.45, 2.75) is 31.9 Å². The van der Waals surface area contributed by atoms with E-state index in [1.807, 2.05) is 0 Å². The summed E-state index contributed by atoms with van der Waals surface area (Å²) >= 11 is 0. The standard InChI is InChI=1S/C16H17F3N2O2/c17-16(18,19)11-5-3-4-10(8-11)15(23)21-9-14(22)20-12-6-1-2-7-13(12)21/h1-2,6-7,10-11H,3-5,8-9H2,(H,20,22)/t10-,11+/m0/s1. The summed E-state index contributed by atoms with van der Waals surface area (Å²) in [5.74, 6) is -2.84. The van der Waals surface area contributed by atoms with Gasteiger partial charge >= 0.3 is 6.18 Å². The van der Waals surface area contributed by atoms with Crippen LogP contribution in [0.3, 0.4) is 0 Å². The number of nitrogens with one attached hydrogen (secondary N) is 1. The molecule has 0 spiro atoms. The number of rotatable bonds is 1. The van der Waals surface area contributed by atoms with Gasteiger partial charge in [0.25, 0.3) is 0 Å². The van der Waals surface area contributed by atoms with Crippen LogP contribution in [0.15, 0.2) is 24.3 Å². The third-order valence-corrected chi connectivity index (χ3v) is 4.52. The maximum Gasteiger partial charge on any atom is 0.391 e. The summed E-state index contributed by atoms with van der Waals surface area (Å²) in [5.41, 5.74) is 1.06. The van der Waals surface area contributed by atoms with E-state index in [1.54, 1.807) is 24.3 Å². The lowest BCUT2D eigenvalue weighted by Gasteiger charge is -2.35. The number of hydrogen-bond acceptors (Lipinski definition) is 2. The van der Waals surface area contributed by atoms with Gasteiger partial charge in [-0.1, -0.05) is 18.6 Å². The summed E-state index contributed by atoms with van der Waals surface area (Å²) in [6.07, 6.45) is -3.57. The van der Waals surface area contributed by atoms with Crippen molar-refractivity contribution in [1.82, 2.24) is 0 Å². The summed E-state index contributed by atoms with van der Waals surface area (Å²) in [5, 5.41) is 2.67. The third kappa shape index (κ3) is 3.18. The van der Waals surface area contributed by atoms with Crippen LogP contribution in [0.5, 0.6) is 0 Å². The number of hydrogen-bond donors (Lipinski definition) is 1. The molecule has 1 aromatic carbocycles. The second-order valence-electron chi connectivity index (χ2n) is 6.09. The molecule has 4 nitrogen and oxygen atoms in total. The smallest absolute Gasteiger partial charge is 0.323 e. The minimum atomic E-state index is -4.27. The maximum absolute atomic E-state index is 12.9. The van der Waals surface area contributed by atoms with E-state index in [-0.39, 0.29) is 31.2 Å². The van der Waals surface area contributed by atoms with Gasteiger partial charge in [-0.15, -0.1) is 0 Å². The average Bonchev–Trinajstić information content (AvgIpc) is 2.52. The van der Waals surface area contributed by atoms with Gasteiger partial charge in [0, 0.05) is 5.92 Å². The SMILES string of the molecule is O=C1CN(C(=O)[C@H]2CCC[C@@H](C(F)(F)F)C2)c2ccccc2N1. The van der Waals surface area contributed by atoms with Crippen molar-refractivity contribution in [1.29, 1.82) is 0 Å². The Labute approximate surface area is 131 Å². The molecule has 23 heavy (non-hydrogen) atoms. The Morgan fingerprint density at radius 1 is 1.22 bits per heavy atom. The Kier molecular flexibility index (Phi) is 4.04. The van der Waals surface area contributed by atoms with Gasteiger partial charge in [-0.3, -0.25) is 9.59 Å². The molecule has 124 valence electrons. The predicted molar refractivity (Wildman–Crippen MR) is 78.9 cm³/mol. The molecule has 1 N–H and O–H groups in total. The molecule has 0 bridgehead atoms. The quantitative estimate of drug-likeness (QED) is 0.860. The topological polar surface area (TPSA) is 49.4 Å². The molecule has 2 atom stereocenters. The minimum absolute atomic E-state index is 0.0738. The molecule has 1 aliphatic carbocycles. The largest absolute Gasteiger partial charge is 0.391 e. The number of halogens is 3. The highest BCUT2D eigenvalue weighted by Crippen LogP contribution is 2.41. The molecule has 1 saturated carbocycles. The predicted octanol–water partition coefficient (Wildman–Crippen LogP) is 3.34. The Morgan fingerprint density at radius 3 is 2.70 bits per heavy atom. The summed E-state index contributed by atoms with van der Waals surface area (Å²) in [6.45, 7) is -0.150. The first kappa shape index (κ1) is 15.8. The fraction of sp³-hybridized carbons (Fsp3) is 0.500. The fourth-order valence-electron chi connectivity index (χ4n) is 3.36. The molecular weight excluding hydrogens is 309 g/mol. The zero-order chi connectivity index (χ0) is 16.6. The minimum Gasteiger partial charge on any atom is -0.323 e. The highest BCUT2D eigenvalue weighted by molar-refractivity contribution is 6.10. The van der Waals surface area contributed by atoms with Crippen molar-refractivity contribution < 1.29 is 22.8 Å². The summed E-state index contributed by atoms with van der Waals surface area (Å²) in [4.78, 5) is 25.8. The van der Waals surface area contributed by atoms with Gasteiger partial charge in [0.15, 0.2) is 0 Å². The van der Waals surface area contributed by atoms with Crippen LogP contribution in [0.4, 0.5) is 24.5 Å². The van der Waals surface area contributed by atoms with Gasteiger partial charge in [-0.25, -0.2) is 0 Å². The van der Waals surface area contributed by atoms with E-state index in [4.69, 9.17) is 0 Å². The Balaban J connectivity index is 1.82. The number of benzene rings is 1. The molecule has 0 radical (unpaired) electrons. The number of alkyl halides is 3. The average molecular weight is 326 g/mol. The molecule has 0 aromatic heterocycles. The number of para-hydroxylation sites is 2. The van der Waals surface area contributed by atoms with Crippen LogP contribution in [0.1, 0.15) is 25.7 Å². The molecule has 1 aromatic rings. The van der Waals surface area contributed by atoms with Crippen molar-refractivity contribution in [2.24, 2.45) is 11.8 Å². The van der Waals surface area contributed by atoms with Crippen LogP contribution < -0.4 is 10.2 Å². The summed E-state index contributed by atoms with van der Waals surface area (Å²) < 4.78 is 38.8. The van der Waals surface area contributed by atoms with E-state index in [9.17, 15) is 22.8 Å². The lowest BCUT2D eigenvalue weighted by Crippen LogP contribution is -2.46. The first-order chi connectivity index (χ1) is 10.9. The van der Waals surface area contributed by atoms with Crippen LogP contribution in [-0.4, -0.2) is 24.5 Å². The number of amides is 2. The van der Waals surface area contributed by atoms with E-state index in [2.05, 4.69) is 5.32 Å². The van der Waals surface area contributed by atoms with Crippen LogP contribution in [0.25, 0.3) is 0 Å². The van der Waals surface area contributed by atoms with Crippen LogP contribution in [0.2, 0.25) is 0 Å². The van der Waals surface area contributed by atoms with Gasteiger partial charge < -0.3 is 10.2 Å². The van der Waals surface area contributed by atoms with Gasteiger partial charge in [-0.2, -0.15) is 13.2 Å². The first-order valence-corrected chi connectivity index (χ1v) is 7.63. The lowest BCUT2D eigenvalue weighted by atomic mass is 9.80. The molecule has 1 fully saturated rings. The molecule has 2 amide bonds. The van der Waals surface area contributed by atoms with Crippen LogP contribution in [0, 0.1) is 11.8 Å².